The highest BCUT2D eigenvalue weighted by atomic mass is 35.5. The number of aromatic nitrogens is 1. The van der Waals surface area contributed by atoms with Crippen LogP contribution in [0.1, 0.15) is 61.0 Å². The molecule has 3 atom stereocenters. The Morgan fingerprint density at radius 2 is 1.85 bits per heavy atom. The number of rotatable bonds is 2. The lowest BCUT2D eigenvalue weighted by atomic mass is 9.83. The standard InChI is InChI=1S/C22H28N2O.ClH/c25-21-12-5-9-18-17-8-1-2-11-20(17)24(22(18)21)15-16-7-6-14-23-13-4-3-10-19(16)23;/h1-2,8,11,16,19H,3-7,9-10,12-15H2;1H. The van der Waals surface area contributed by atoms with E-state index in [2.05, 4.69) is 28.8 Å². The van der Waals surface area contributed by atoms with Crippen molar-refractivity contribution in [2.75, 3.05) is 13.1 Å². The zero-order valence-electron chi connectivity index (χ0n) is 15.5. The number of carbonyl (C=O) groups is 1. The van der Waals surface area contributed by atoms with Crippen molar-refractivity contribution in [2.45, 2.75) is 64.0 Å². The lowest BCUT2D eigenvalue weighted by Gasteiger charge is -2.41. The molecular formula is C22H29ClN2O. The number of hydrogen-bond acceptors (Lipinski definition) is 1. The second-order valence-electron chi connectivity index (χ2n) is 8.39. The average molecular weight is 373 g/mol. The number of Topliss-reactive ketones (excluding diaryl/α,β-unsaturated/α-hetero) is 1. The number of fused-ring (bicyclic) bond motifs is 4. The molecule has 3 unspecified atom stereocenters. The Morgan fingerprint density at radius 3 is 2.77 bits per heavy atom. The highest BCUT2D eigenvalue weighted by Crippen LogP contribution is 2.34. The Labute approximate surface area is 162 Å². The summed E-state index contributed by atoms with van der Waals surface area (Å²) in [6.07, 6.45) is 9.69. The molecule has 0 saturated carbocycles. The molecule has 5 rings (SSSR count). The van der Waals surface area contributed by atoms with Gasteiger partial charge in [0.1, 0.15) is 0 Å². The van der Waals surface area contributed by atoms with Crippen LogP contribution in [0.4, 0.5) is 0 Å². The second kappa shape index (κ2) is 7.36. The Hall–Kier alpha value is -1.32. The quantitative estimate of drug-likeness (QED) is 0.790. The summed E-state index contributed by atoms with van der Waals surface area (Å²) in [5.41, 5.74) is 3.68. The summed E-state index contributed by atoms with van der Waals surface area (Å²) in [6.45, 7) is 3.78. The minimum atomic E-state index is 0. The number of hydrogen-bond donors (Lipinski definition) is 1. The van der Waals surface area contributed by atoms with E-state index >= 15 is 0 Å². The van der Waals surface area contributed by atoms with Crippen molar-refractivity contribution >= 4 is 16.7 Å². The second-order valence-corrected chi connectivity index (χ2v) is 8.39. The van der Waals surface area contributed by atoms with E-state index in [-0.39, 0.29) is 12.4 Å². The third-order valence-corrected chi connectivity index (χ3v) is 7.02. The predicted octanol–water partition coefficient (Wildman–Crippen LogP) is 0.0117. The highest BCUT2D eigenvalue weighted by molar-refractivity contribution is 6.04. The molecule has 0 bridgehead atoms. The SMILES string of the molecule is O=C1CCCc2c1n(CC1CCC[NH+]3CCCCC13)c1ccccc21.[Cl-]. The first kappa shape index (κ1) is 18.1. The van der Waals surface area contributed by atoms with Crippen molar-refractivity contribution in [3.05, 3.63) is 35.5 Å². The van der Waals surface area contributed by atoms with Gasteiger partial charge in [0.15, 0.2) is 5.78 Å². The molecule has 140 valence electrons. The van der Waals surface area contributed by atoms with Crippen LogP contribution in [0, 0.1) is 5.92 Å². The number of nitrogens with one attached hydrogen (secondary N) is 1. The maximum Gasteiger partial charge on any atom is 0.179 e. The van der Waals surface area contributed by atoms with Crippen LogP contribution in [0.15, 0.2) is 24.3 Å². The topological polar surface area (TPSA) is 26.4 Å². The maximum atomic E-state index is 12.8. The zero-order valence-corrected chi connectivity index (χ0v) is 16.2. The number of carbonyl (C=O) groups excluding carboxylic acids is 1. The Bertz CT molecular complexity index is 810. The first-order valence-corrected chi connectivity index (χ1v) is 10.3. The predicted molar refractivity (Wildman–Crippen MR) is 100 cm³/mol. The third kappa shape index (κ3) is 2.90. The first-order valence-electron chi connectivity index (χ1n) is 10.3. The van der Waals surface area contributed by atoms with E-state index in [1.54, 1.807) is 0 Å². The van der Waals surface area contributed by atoms with Gasteiger partial charge in [-0.25, -0.2) is 0 Å². The zero-order chi connectivity index (χ0) is 16.8. The molecule has 4 heteroatoms. The molecule has 0 amide bonds. The van der Waals surface area contributed by atoms with Gasteiger partial charge >= 0.3 is 0 Å². The number of para-hydroxylation sites is 1. The molecule has 0 spiro atoms. The molecule has 1 aromatic heterocycles. The van der Waals surface area contributed by atoms with Crippen molar-refractivity contribution in [3.8, 4) is 0 Å². The lowest BCUT2D eigenvalue weighted by Crippen LogP contribution is -3.18. The van der Waals surface area contributed by atoms with Gasteiger partial charge in [0, 0.05) is 29.8 Å². The minimum absolute atomic E-state index is 0. The summed E-state index contributed by atoms with van der Waals surface area (Å²) in [4.78, 5) is 14.6. The van der Waals surface area contributed by atoms with Crippen LogP contribution in [0.3, 0.4) is 0 Å². The van der Waals surface area contributed by atoms with E-state index < -0.39 is 0 Å². The average Bonchev–Trinajstić information content (AvgIpc) is 2.98. The van der Waals surface area contributed by atoms with Gasteiger partial charge in [-0.05, 0) is 56.6 Å². The van der Waals surface area contributed by atoms with Crippen molar-refractivity contribution in [1.29, 1.82) is 0 Å². The van der Waals surface area contributed by atoms with E-state index in [1.165, 1.54) is 61.7 Å². The summed E-state index contributed by atoms with van der Waals surface area (Å²) >= 11 is 0. The Morgan fingerprint density at radius 1 is 1.00 bits per heavy atom. The van der Waals surface area contributed by atoms with Crippen LogP contribution in [-0.2, 0) is 13.0 Å². The van der Waals surface area contributed by atoms with Crippen molar-refractivity contribution in [2.24, 2.45) is 5.92 Å². The van der Waals surface area contributed by atoms with Gasteiger partial charge in [-0.3, -0.25) is 4.79 Å². The fourth-order valence-corrected chi connectivity index (χ4v) is 5.91. The number of quaternary nitrogens is 1. The Kier molecular flexibility index (Phi) is 5.11. The molecular weight excluding hydrogens is 344 g/mol. The molecule has 1 aliphatic carbocycles. The van der Waals surface area contributed by atoms with Gasteiger partial charge in [-0.15, -0.1) is 0 Å². The number of ketones is 1. The van der Waals surface area contributed by atoms with Gasteiger partial charge < -0.3 is 21.9 Å². The van der Waals surface area contributed by atoms with E-state index in [4.69, 9.17) is 0 Å². The van der Waals surface area contributed by atoms with Crippen LogP contribution >= 0.6 is 0 Å². The molecule has 3 aliphatic rings. The summed E-state index contributed by atoms with van der Waals surface area (Å²) in [6, 6.07) is 9.53. The molecule has 1 N–H and O–H groups in total. The fourth-order valence-electron chi connectivity index (χ4n) is 5.91. The lowest BCUT2D eigenvalue weighted by molar-refractivity contribution is -0.940. The number of nitrogens with zero attached hydrogens (tertiary/aromatic N) is 1. The highest BCUT2D eigenvalue weighted by Gasteiger charge is 2.37. The largest absolute Gasteiger partial charge is 1.00 e. The van der Waals surface area contributed by atoms with Gasteiger partial charge in [0.25, 0.3) is 0 Å². The number of aryl methyl sites for hydroxylation is 1. The summed E-state index contributed by atoms with van der Waals surface area (Å²) in [7, 11) is 0. The minimum Gasteiger partial charge on any atom is -1.00 e. The molecule has 2 aromatic rings. The van der Waals surface area contributed by atoms with Gasteiger partial charge in [-0.2, -0.15) is 0 Å². The monoisotopic (exact) mass is 372 g/mol. The van der Waals surface area contributed by atoms with E-state index in [0.717, 1.165) is 43.5 Å². The smallest absolute Gasteiger partial charge is 0.179 e. The van der Waals surface area contributed by atoms with Crippen LogP contribution in [0.5, 0.6) is 0 Å². The number of piperidine rings is 2. The van der Waals surface area contributed by atoms with Crippen LogP contribution in [0.2, 0.25) is 0 Å². The molecule has 1 aromatic carbocycles. The van der Waals surface area contributed by atoms with Crippen molar-refractivity contribution < 1.29 is 22.1 Å². The van der Waals surface area contributed by atoms with Gasteiger partial charge in [-0.1, -0.05) is 18.2 Å². The summed E-state index contributed by atoms with van der Waals surface area (Å²) < 4.78 is 2.42. The first-order chi connectivity index (χ1) is 12.3. The van der Waals surface area contributed by atoms with Crippen LogP contribution < -0.4 is 17.3 Å². The normalized spacial score (nSPS) is 28.3. The number of benzene rings is 1. The molecule has 2 saturated heterocycles. The fraction of sp³-hybridized carbons (Fsp3) is 0.591. The molecule has 26 heavy (non-hydrogen) atoms. The van der Waals surface area contributed by atoms with Crippen LogP contribution in [-0.4, -0.2) is 29.5 Å². The summed E-state index contributed by atoms with van der Waals surface area (Å²) in [5, 5.41) is 1.33. The third-order valence-electron chi connectivity index (χ3n) is 7.02. The molecule has 2 fully saturated rings. The van der Waals surface area contributed by atoms with Crippen molar-refractivity contribution in [3.63, 3.8) is 0 Å². The summed E-state index contributed by atoms with van der Waals surface area (Å²) in [5.74, 6) is 1.11. The molecule has 2 aliphatic heterocycles. The van der Waals surface area contributed by atoms with Gasteiger partial charge in [0.05, 0.1) is 24.8 Å². The molecule has 0 radical (unpaired) electrons. The maximum absolute atomic E-state index is 12.8. The molecule has 3 heterocycles. The van der Waals surface area contributed by atoms with Gasteiger partial charge in [0.2, 0.25) is 0 Å². The number of halogens is 1. The molecule has 3 nitrogen and oxygen atoms in total. The van der Waals surface area contributed by atoms with E-state index in [0.29, 0.717) is 5.78 Å². The Balaban J connectivity index is 0.00000168. The van der Waals surface area contributed by atoms with E-state index in [1.807, 2.05) is 4.90 Å². The van der Waals surface area contributed by atoms with E-state index in [9.17, 15) is 4.79 Å². The van der Waals surface area contributed by atoms with Crippen molar-refractivity contribution in [1.82, 2.24) is 4.57 Å². The van der Waals surface area contributed by atoms with Crippen LogP contribution in [0.25, 0.3) is 10.9 Å².